The van der Waals surface area contributed by atoms with Gasteiger partial charge in [0.05, 0.1) is 11.4 Å². The van der Waals surface area contributed by atoms with Gasteiger partial charge in [0, 0.05) is 23.6 Å². The molecule has 4 rings (SSSR count). The maximum absolute atomic E-state index is 9.42. The minimum atomic E-state index is 0.286. The Hall–Kier alpha value is -2.68. The fraction of sp³-hybridized carbons (Fsp3) is 0.0588. The first-order valence-electron chi connectivity index (χ1n) is 6.59. The van der Waals surface area contributed by atoms with Crippen LogP contribution >= 0.6 is 0 Å². The standard InChI is InChI=1S/C17H14N2O/c1-19-17-14-5-3-2-4-12(14)10-15(17)16(18-19)11-6-8-13(20)9-7-11/h2-10,18,20H,1H3. The van der Waals surface area contributed by atoms with Crippen LogP contribution in [0.25, 0.3) is 33.3 Å². The molecular formula is C17H14N2O. The van der Waals surface area contributed by atoms with Gasteiger partial charge in [-0.1, -0.05) is 24.3 Å². The first-order valence-corrected chi connectivity index (χ1v) is 6.59. The number of aromatic hydroxyl groups is 1. The van der Waals surface area contributed by atoms with Crippen molar-refractivity contribution in [2.45, 2.75) is 0 Å². The highest BCUT2D eigenvalue weighted by Gasteiger charge is 2.19. The maximum Gasteiger partial charge on any atom is 0.115 e. The van der Waals surface area contributed by atoms with Gasteiger partial charge in [-0.25, -0.2) is 0 Å². The zero-order valence-corrected chi connectivity index (χ0v) is 11.1. The molecule has 1 heterocycles. The molecule has 0 bridgehead atoms. The molecule has 0 aromatic heterocycles. The molecular weight excluding hydrogens is 248 g/mol. The van der Waals surface area contributed by atoms with Crippen molar-refractivity contribution in [1.29, 1.82) is 0 Å². The van der Waals surface area contributed by atoms with Gasteiger partial charge in [-0.15, -0.1) is 0 Å². The van der Waals surface area contributed by atoms with Crippen LogP contribution in [0.3, 0.4) is 0 Å². The SMILES string of the molecule is Cn1[nH]c(-c2ccc(O)cc2)c2cc3ccccc3c1-2. The van der Waals surface area contributed by atoms with Gasteiger partial charge in [-0.3, -0.25) is 9.78 Å². The maximum atomic E-state index is 9.42. The number of aryl methyl sites for hydroxylation is 1. The highest BCUT2D eigenvalue weighted by Crippen LogP contribution is 2.40. The van der Waals surface area contributed by atoms with Gasteiger partial charge in [0.2, 0.25) is 0 Å². The summed E-state index contributed by atoms with van der Waals surface area (Å²) in [5, 5.41) is 15.3. The summed E-state index contributed by atoms with van der Waals surface area (Å²) in [4.78, 5) is 0. The molecule has 1 aliphatic heterocycles. The van der Waals surface area contributed by atoms with Gasteiger partial charge in [0.1, 0.15) is 5.75 Å². The van der Waals surface area contributed by atoms with Gasteiger partial charge >= 0.3 is 0 Å². The van der Waals surface area contributed by atoms with Gasteiger partial charge in [-0.2, -0.15) is 0 Å². The van der Waals surface area contributed by atoms with Crippen molar-refractivity contribution in [3.63, 3.8) is 0 Å². The molecule has 0 spiro atoms. The number of hydrogen-bond acceptors (Lipinski definition) is 1. The van der Waals surface area contributed by atoms with E-state index in [2.05, 4.69) is 40.1 Å². The summed E-state index contributed by atoms with van der Waals surface area (Å²) in [5.41, 5.74) is 4.57. The Morgan fingerprint density at radius 3 is 2.55 bits per heavy atom. The molecule has 20 heavy (non-hydrogen) atoms. The summed E-state index contributed by atoms with van der Waals surface area (Å²) in [7, 11) is 2.03. The van der Waals surface area contributed by atoms with Crippen molar-refractivity contribution < 1.29 is 5.11 Å². The molecule has 0 saturated carbocycles. The molecule has 0 fully saturated rings. The number of phenols is 1. The average Bonchev–Trinajstić information content (AvgIpc) is 2.98. The molecule has 98 valence electrons. The zero-order valence-electron chi connectivity index (χ0n) is 11.1. The van der Waals surface area contributed by atoms with E-state index >= 15 is 0 Å². The lowest BCUT2D eigenvalue weighted by Gasteiger charge is -1.99. The molecule has 0 radical (unpaired) electrons. The van der Waals surface area contributed by atoms with Crippen molar-refractivity contribution >= 4 is 10.8 Å². The van der Waals surface area contributed by atoms with Crippen molar-refractivity contribution in [3.8, 4) is 28.3 Å². The van der Waals surface area contributed by atoms with E-state index in [0.29, 0.717) is 0 Å². The summed E-state index contributed by atoms with van der Waals surface area (Å²) in [6.45, 7) is 0. The molecule has 0 atom stereocenters. The Balaban J connectivity index is 2.01. The Kier molecular flexibility index (Phi) is 2.18. The van der Waals surface area contributed by atoms with Crippen LogP contribution < -0.4 is 0 Å². The minimum Gasteiger partial charge on any atom is -0.508 e. The van der Waals surface area contributed by atoms with Crippen LogP contribution in [0.1, 0.15) is 0 Å². The lowest BCUT2D eigenvalue weighted by atomic mass is 10.1. The summed E-state index contributed by atoms with van der Waals surface area (Å²) >= 11 is 0. The van der Waals surface area contributed by atoms with E-state index in [1.807, 2.05) is 19.2 Å². The normalized spacial score (nSPS) is 11.4. The number of phenolic OH excluding ortho intramolecular Hbond substituents is 1. The van der Waals surface area contributed by atoms with Crippen molar-refractivity contribution in [2.24, 2.45) is 7.05 Å². The van der Waals surface area contributed by atoms with E-state index < -0.39 is 0 Å². The second-order valence-corrected chi connectivity index (χ2v) is 5.09. The molecule has 3 nitrogen and oxygen atoms in total. The largest absolute Gasteiger partial charge is 0.508 e. The fourth-order valence-corrected chi connectivity index (χ4v) is 2.89. The topological polar surface area (TPSA) is 41.0 Å². The fourth-order valence-electron chi connectivity index (χ4n) is 2.89. The summed E-state index contributed by atoms with van der Waals surface area (Å²) in [6, 6.07) is 17.9. The van der Waals surface area contributed by atoms with E-state index in [1.165, 1.54) is 22.0 Å². The van der Waals surface area contributed by atoms with Crippen LogP contribution in [0.15, 0.2) is 54.6 Å². The van der Waals surface area contributed by atoms with Gasteiger partial charge in [0.15, 0.2) is 0 Å². The number of aromatic nitrogens is 2. The van der Waals surface area contributed by atoms with Crippen LogP contribution in [0, 0.1) is 0 Å². The molecule has 2 aromatic carbocycles. The van der Waals surface area contributed by atoms with Gasteiger partial charge < -0.3 is 5.11 Å². The highest BCUT2D eigenvalue weighted by atomic mass is 16.3. The van der Waals surface area contributed by atoms with Crippen LogP contribution in [0.4, 0.5) is 0 Å². The molecule has 2 N–H and O–H groups in total. The van der Waals surface area contributed by atoms with Crippen molar-refractivity contribution in [1.82, 2.24) is 9.78 Å². The Labute approximate surface area is 116 Å². The Morgan fingerprint density at radius 1 is 1.00 bits per heavy atom. The van der Waals surface area contributed by atoms with Gasteiger partial charge in [0.25, 0.3) is 0 Å². The second kappa shape index (κ2) is 3.90. The van der Waals surface area contributed by atoms with E-state index in [4.69, 9.17) is 0 Å². The number of nitrogens with zero attached hydrogens (tertiary/aromatic N) is 1. The minimum absolute atomic E-state index is 0.286. The van der Waals surface area contributed by atoms with Crippen LogP contribution in [-0.4, -0.2) is 14.9 Å². The lowest BCUT2D eigenvalue weighted by molar-refractivity contribution is 0.475. The molecule has 1 aliphatic carbocycles. The van der Waals surface area contributed by atoms with Crippen LogP contribution in [0.5, 0.6) is 5.75 Å². The van der Waals surface area contributed by atoms with E-state index in [1.54, 1.807) is 12.1 Å². The number of hydrogen-bond donors (Lipinski definition) is 2. The molecule has 2 aliphatic rings. The number of nitrogens with one attached hydrogen (secondary N) is 1. The molecule has 0 amide bonds. The smallest absolute Gasteiger partial charge is 0.115 e. The van der Waals surface area contributed by atoms with Crippen LogP contribution in [-0.2, 0) is 7.05 Å². The van der Waals surface area contributed by atoms with Crippen molar-refractivity contribution in [2.75, 3.05) is 0 Å². The second-order valence-electron chi connectivity index (χ2n) is 5.09. The molecule has 0 unspecified atom stereocenters. The van der Waals surface area contributed by atoms with Gasteiger partial charge in [-0.05, 0) is 35.7 Å². The average molecular weight is 262 g/mol. The number of aromatic amines is 1. The summed E-state index contributed by atoms with van der Waals surface area (Å²) < 4.78 is 2.06. The van der Waals surface area contributed by atoms with E-state index in [-0.39, 0.29) is 5.75 Å². The first kappa shape index (κ1) is 11.2. The first-order chi connectivity index (χ1) is 9.74. The van der Waals surface area contributed by atoms with Crippen LogP contribution in [0.2, 0.25) is 0 Å². The molecule has 0 saturated heterocycles. The third-order valence-corrected chi connectivity index (χ3v) is 3.81. The molecule has 3 heteroatoms. The monoisotopic (exact) mass is 262 g/mol. The lowest BCUT2D eigenvalue weighted by Crippen LogP contribution is -1.90. The third kappa shape index (κ3) is 1.46. The zero-order chi connectivity index (χ0) is 13.7. The number of rotatable bonds is 1. The molecule has 2 aromatic rings. The number of H-pyrrole nitrogens is 1. The number of fused-ring (bicyclic) bond motifs is 3. The summed E-state index contributed by atoms with van der Waals surface area (Å²) in [5.74, 6) is 0.286. The predicted molar refractivity (Wildman–Crippen MR) is 81.0 cm³/mol. The van der Waals surface area contributed by atoms with E-state index in [0.717, 1.165) is 11.3 Å². The Morgan fingerprint density at radius 2 is 1.75 bits per heavy atom. The third-order valence-electron chi connectivity index (χ3n) is 3.81. The quantitative estimate of drug-likeness (QED) is 0.535. The predicted octanol–water partition coefficient (Wildman–Crippen LogP) is 3.98. The highest BCUT2D eigenvalue weighted by molar-refractivity contribution is 6.04. The number of benzene rings is 2. The summed E-state index contributed by atoms with van der Waals surface area (Å²) in [6.07, 6.45) is 0. The van der Waals surface area contributed by atoms with Crippen molar-refractivity contribution in [3.05, 3.63) is 54.6 Å². The Bertz CT molecular complexity index is 868. The van der Waals surface area contributed by atoms with E-state index in [9.17, 15) is 5.11 Å².